The predicted octanol–water partition coefficient (Wildman–Crippen LogP) is 3.32. The first-order chi connectivity index (χ1) is 10.5. The molecule has 0 bridgehead atoms. The quantitative estimate of drug-likeness (QED) is 0.331. The van der Waals surface area contributed by atoms with E-state index in [1.807, 2.05) is 12.1 Å². The van der Waals surface area contributed by atoms with E-state index in [2.05, 4.69) is 9.97 Å². The summed E-state index contributed by atoms with van der Waals surface area (Å²) in [6, 6.07) is 10.1. The Morgan fingerprint density at radius 3 is 2.77 bits per heavy atom. The second-order valence-corrected chi connectivity index (χ2v) is 5.66. The van der Waals surface area contributed by atoms with E-state index >= 15 is 0 Å². The first-order valence-electron chi connectivity index (χ1n) is 6.39. The molecular formula is C15H12FN5S. The number of hydrogen-bond acceptors (Lipinski definition) is 4. The van der Waals surface area contributed by atoms with E-state index in [4.69, 9.17) is 16.6 Å². The van der Waals surface area contributed by atoms with E-state index in [9.17, 15) is 4.39 Å². The second kappa shape index (κ2) is 5.61. The van der Waals surface area contributed by atoms with E-state index < -0.39 is 5.95 Å². The maximum Gasteiger partial charge on any atom is 0.213 e. The van der Waals surface area contributed by atoms with Crippen LogP contribution in [-0.2, 0) is 0 Å². The van der Waals surface area contributed by atoms with E-state index in [1.54, 1.807) is 24.4 Å². The van der Waals surface area contributed by atoms with Crippen LogP contribution in [0.4, 0.5) is 4.39 Å². The zero-order valence-electron chi connectivity index (χ0n) is 11.4. The van der Waals surface area contributed by atoms with E-state index in [1.165, 1.54) is 6.07 Å². The van der Waals surface area contributed by atoms with Gasteiger partial charge in [-0.1, -0.05) is 12.1 Å². The van der Waals surface area contributed by atoms with Crippen LogP contribution < -0.4 is 5.73 Å². The number of nitrogens with zero attached hydrogens (tertiary/aromatic N) is 1. The van der Waals surface area contributed by atoms with Gasteiger partial charge in [-0.2, -0.15) is 4.39 Å². The number of thioether (sulfide) groups is 1. The van der Waals surface area contributed by atoms with Crippen molar-refractivity contribution < 1.29 is 4.39 Å². The second-order valence-electron chi connectivity index (χ2n) is 4.60. The van der Waals surface area contributed by atoms with Crippen molar-refractivity contribution in [2.75, 3.05) is 0 Å². The third-order valence-corrected chi connectivity index (χ3v) is 3.81. The summed E-state index contributed by atoms with van der Waals surface area (Å²) in [4.78, 5) is 7.00. The summed E-state index contributed by atoms with van der Waals surface area (Å²) in [5.41, 5.74) is 8.10. The average molecular weight is 313 g/mol. The number of amidine groups is 1. The molecule has 5 N–H and O–H groups in total. The molecule has 22 heavy (non-hydrogen) atoms. The zero-order chi connectivity index (χ0) is 15.7. The number of hydrogen-bond donors (Lipinski definition) is 4. The lowest BCUT2D eigenvalue weighted by Gasteiger charge is -2.04. The van der Waals surface area contributed by atoms with Crippen molar-refractivity contribution in [3.8, 4) is 11.3 Å². The molecule has 3 rings (SSSR count). The van der Waals surface area contributed by atoms with Crippen molar-refractivity contribution in [1.82, 2.24) is 9.97 Å². The Bertz CT molecular complexity index is 887. The molecule has 0 radical (unpaired) electrons. The van der Waals surface area contributed by atoms with Gasteiger partial charge in [0.05, 0.1) is 5.69 Å². The van der Waals surface area contributed by atoms with Crippen LogP contribution in [0.1, 0.15) is 5.56 Å². The Balaban J connectivity index is 2.09. The lowest BCUT2D eigenvalue weighted by molar-refractivity contribution is 0.585. The van der Waals surface area contributed by atoms with Crippen LogP contribution in [0, 0.1) is 16.8 Å². The van der Waals surface area contributed by atoms with Gasteiger partial charge < -0.3 is 10.7 Å². The summed E-state index contributed by atoms with van der Waals surface area (Å²) < 4.78 is 13.3. The van der Waals surface area contributed by atoms with Gasteiger partial charge in [-0.25, -0.2) is 4.98 Å². The van der Waals surface area contributed by atoms with Gasteiger partial charge in [-0.15, -0.1) is 0 Å². The lowest BCUT2D eigenvalue weighted by Crippen LogP contribution is -2.08. The standard InChI is InChI=1S/C15H12FN5S/c16-13-3-1-2-12(21-13)10-7-20-11-5-4-8(6-9(10)11)14(17)22-15(18)19/h1-7,17,20H,(H3,18,19). The fourth-order valence-corrected chi connectivity index (χ4v) is 2.67. The van der Waals surface area contributed by atoms with Gasteiger partial charge in [0.25, 0.3) is 0 Å². The number of benzene rings is 1. The zero-order valence-corrected chi connectivity index (χ0v) is 12.2. The maximum absolute atomic E-state index is 13.3. The summed E-state index contributed by atoms with van der Waals surface area (Å²) in [6.45, 7) is 0. The van der Waals surface area contributed by atoms with E-state index in [0.29, 0.717) is 11.3 Å². The summed E-state index contributed by atoms with van der Waals surface area (Å²) in [5.74, 6) is -0.539. The van der Waals surface area contributed by atoms with Crippen LogP contribution in [0.2, 0.25) is 0 Å². The molecule has 0 aliphatic rings. The smallest absolute Gasteiger partial charge is 0.213 e. The Kier molecular flexibility index (Phi) is 3.64. The number of aromatic nitrogens is 2. The molecule has 0 aliphatic heterocycles. The third kappa shape index (κ3) is 2.71. The topological polar surface area (TPSA) is 102 Å². The first kappa shape index (κ1) is 14.3. The molecule has 0 atom stereocenters. The Labute approximate surface area is 129 Å². The van der Waals surface area contributed by atoms with Crippen LogP contribution in [-0.4, -0.2) is 20.2 Å². The van der Waals surface area contributed by atoms with Crippen molar-refractivity contribution in [3.63, 3.8) is 0 Å². The van der Waals surface area contributed by atoms with Gasteiger partial charge in [-0.05, 0) is 36.0 Å². The number of pyridine rings is 1. The van der Waals surface area contributed by atoms with Crippen LogP contribution >= 0.6 is 11.8 Å². The van der Waals surface area contributed by atoms with E-state index in [-0.39, 0.29) is 10.2 Å². The molecule has 110 valence electrons. The highest BCUT2D eigenvalue weighted by Crippen LogP contribution is 2.29. The number of fused-ring (bicyclic) bond motifs is 1. The summed E-state index contributed by atoms with van der Waals surface area (Å²) >= 11 is 0.881. The van der Waals surface area contributed by atoms with Crippen LogP contribution in [0.3, 0.4) is 0 Å². The van der Waals surface area contributed by atoms with Crippen molar-refractivity contribution in [2.45, 2.75) is 0 Å². The summed E-state index contributed by atoms with van der Waals surface area (Å²) in [7, 11) is 0. The molecule has 0 saturated heterocycles. The normalized spacial score (nSPS) is 10.8. The molecule has 2 aromatic heterocycles. The minimum Gasteiger partial charge on any atom is -0.378 e. The van der Waals surface area contributed by atoms with Crippen molar-refractivity contribution in [3.05, 3.63) is 54.1 Å². The highest BCUT2D eigenvalue weighted by molar-refractivity contribution is 8.26. The van der Waals surface area contributed by atoms with Crippen LogP contribution in [0.25, 0.3) is 22.2 Å². The molecule has 0 unspecified atom stereocenters. The Morgan fingerprint density at radius 2 is 2.05 bits per heavy atom. The fraction of sp³-hybridized carbons (Fsp3) is 0. The van der Waals surface area contributed by atoms with Gasteiger partial charge in [0.15, 0.2) is 5.17 Å². The van der Waals surface area contributed by atoms with Crippen LogP contribution in [0.5, 0.6) is 0 Å². The minimum atomic E-state index is -0.539. The van der Waals surface area contributed by atoms with Gasteiger partial charge in [0, 0.05) is 28.2 Å². The minimum absolute atomic E-state index is 0.133. The third-order valence-electron chi connectivity index (χ3n) is 3.15. The Hall–Kier alpha value is -2.67. The molecule has 0 aliphatic carbocycles. The number of rotatable bonds is 2. The SMILES string of the molecule is N=C(N)SC(=N)c1ccc2[nH]cc(-c3cccc(F)n3)c2c1. The molecule has 0 saturated carbocycles. The van der Waals surface area contributed by atoms with Gasteiger partial charge in [0.2, 0.25) is 5.95 Å². The van der Waals surface area contributed by atoms with Gasteiger partial charge in [-0.3, -0.25) is 10.8 Å². The number of nitrogens with two attached hydrogens (primary N) is 1. The van der Waals surface area contributed by atoms with Crippen molar-refractivity contribution in [1.29, 1.82) is 10.8 Å². The van der Waals surface area contributed by atoms with Crippen molar-refractivity contribution >= 4 is 32.9 Å². The van der Waals surface area contributed by atoms with Gasteiger partial charge in [0.1, 0.15) is 5.04 Å². The Morgan fingerprint density at radius 1 is 1.23 bits per heavy atom. The maximum atomic E-state index is 13.3. The average Bonchev–Trinajstić information content (AvgIpc) is 2.89. The van der Waals surface area contributed by atoms with Crippen molar-refractivity contribution in [2.24, 2.45) is 5.73 Å². The summed E-state index contributed by atoms with van der Waals surface area (Å²) in [6.07, 6.45) is 1.76. The molecule has 7 heteroatoms. The first-order valence-corrected chi connectivity index (χ1v) is 7.21. The molecule has 3 aromatic rings. The molecule has 2 heterocycles. The van der Waals surface area contributed by atoms with Gasteiger partial charge >= 0.3 is 0 Å². The highest BCUT2D eigenvalue weighted by Gasteiger charge is 2.11. The molecule has 1 aromatic carbocycles. The number of halogens is 1. The summed E-state index contributed by atoms with van der Waals surface area (Å²) in [5, 5.41) is 16.1. The lowest BCUT2D eigenvalue weighted by atomic mass is 10.1. The monoisotopic (exact) mass is 313 g/mol. The van der Waals surface area contributed by atoms with E-state index in [0.717, 1.165) is 28.2 Å². The molecule has 0 fully saturated rings. The molecular weight excluding hydrogens is 301 g/mol. The molecule has 0 amide bonds. The fourth-order valence-electron chi connectivity index (χ4n) is 2.20. The number of nitrogens with one attached hydrogen (secondary N) is 3. The largest absolute Gasteiger partial charge is 0.378 e. The number of aromatic amines is 1. The molecule has 5 nitrogen and oxygen atoms in total. The van der Waals surface area contributed by atoms with Crippen LogP contribution in [0.15, 0.2) is 42.6 Å². The highest BCUT2D eigenvalue weighted by atomic mass is 32.2. The predicted molar refractivity (Wildman–Crippen MR) is 87.8 cm³/mol. The number of H-pyrrole nitrogens is 1. The molecule has 0 spiro atoms.